The Labute approximate surface area is 188 Å². The van der Waals surface area contributed by atoms with Gasteiger partial charge < -0.3 is 10.2 Å². The SMILES string of the molecule is CN(C)c1ccc(S(=O)(=O)N(C)C)cc1NC(=O)C1=NN(C2CCS(=O)(=O)C2)C(=O)CC1. The molecule has 176 valence electrons. The summed E-state index contributed by atoms with van der Waals surface area (Å²) in [5.74, 6) is -1.09. The highest BCUT2D eigenvalue weighted by Crippen LogP contribution is 2.29. The van der Waals surface area contributed by atoms with Crippen LogP contribution in [0.2, 0.25) is 0 Å². The van der Waals surface area contributed by atoms with Gasteiger partial charge in [-0.25, -0.2) is 26.1 Å². The van der Waals surface area contributed by atoms with E-state index < -0.39 is 31.8 Å². The van der Waals surface area contributed by atoms with E-state index >= 15 is 0 Å². The van der Waals surface area contributed by atoms with Crippen LogP contribution >= 0.6 is 0 Å². The zero-order valence-electron chi connectivity index (χ0n) is 18.4. The number of carbonyl (C=O) groups is 2. The number of carbonyl (C=O) groups excluding carboxylic acids is 2. The Morgan fingerprint density at radius 2 is 1.88 bits per heavy atom. The summed E-state index contributed by atoms with van der Waals surface area (Å²) in [6, 6.07) is 3.84. The minimum atomic E-state index is -3.72. The molecule has 0 bridgehead atoms. The zero-order valence-corrected chi connectivity index (χ0v) is 20.0. The van der Waals surface area contributed by atoms with Gasteiger partial charge in [0.1, 0.15) is 5.71 Å². The van der Waals surface area contributed by atoms with Gasteiger partial charge in [-0.1, -0.05) is 0 Å². The molecule has 1 unspecified atom stereocenters. The molecule has 13 heteroatoms. The van der Waals surface area contributed by atoms with Gasteiger partial charge in [0, 0.05) is 41.0 Å². The fourth-order valence-electron chi connectivity index (χ4n) is 3.56. The molecule has 1 aromatic carbocycles. The Balaban J connectivity index is 1.90. The first-order valence-corrected chi connectivity index (χ1v) is 13.2. The molecular formula is C19H27N5O6S2. The first kappa shape index (κ1) is 24.1. The molecular weight excluding hydrogens is 458 g/mol. The molecule has 3 rings (SSSR count). The summed E-state index contributed by atoms with van der Waals surface area (Å²) in [4.78, 5) is 27.0. The van der Waals surface area contributed by atoms with Gasteiger partial charge in [0.25, 0.3) is 5.91 Å². The minimum Gasteiger partial charge on any atom is -0.376 e. The Morgan fingerprint density at radius 3 is 2.44 bits per heavy atom. The van der Waals surface area contributed by atoms with Gasteiger partial charge in [-0.2, -0.15) is 5.10 Å². The Morgan fingerprint density at radius 1 is 1.19 bits per heavy atom. The van der Waals surface area contributed by atoms with Crippen molar-refractivity contribution in [1.29, 1.82) is 0 Å². The quantitative estimate of drug-likeness (QED) is 0.604. The van der Waals surface area contributed by atoms with Crippen molar-refractivity contribution in [1.82, 2.24) is 9.31 Å². The number of nitrogens with zero attached hydrogens (tertiary/aromatic N) is 4. The molecule has 11 nitrogen and oxygen atoms in total. The normalized spacial score (nSPS) is 20.9. The topological polar surface area (TPSA) is 137 Å². The molecule has 1 fully saturated rings. The molecule has 2 amide bonds. The van der Waals surface area contributed by atoms with E-state index in [4.69, 9.17) is 0 Å². The van der Waals surface area contributed by atoms with Gasteiger partial charge in [0.05, 0.1) is 33.8 Å². The van der Waals surface area contributed by atoms with Crippen LogP contribution in [0, 0.1) is 0 Å². The van der Waals surface area contributed by atoms with Crippen LogP contribution in [0.3, 0.4) is 0 Å². The van der Waals surface area contributed by atoms with Gasteiger partial charge >= 0.3 is 0 Å². The average Bonchev–Trinajstić information content (AvgIpc) is 3.07. The molecule has 0 saturated carbocycles. The maximum absolute atomic E-state index is 13.0. The number of rotatable bonds is 6. The van der Waals surface area contributed by atoms with Crippen LogP contribution in [0.15, 0.2) is 28.2 Å². The fraction of sp³-hybridized carbons (Fsp3) is 0.526. The number of hydrogen-bond acceptors (Lipinski definition) is 8. The standard InChI is InChI=1S/C19H27N5O6S2/c1-22(2)17-7-5-14(32(29,30)23(3)4)11-16(17)20-19(26)15-6-8-18(25)24(21-15)13-9-10-31(27,28)12-13/h5,7,11,13H,6,8-10,12H2,1-4H3,(H,20,26). The van der Waals surface area contributed by atoms with E-state index in [9.17, 15) is 26.4 Å². The first-order chi connectivity index (χ1) is 14.8. The van der Waals surface area contributed by atoms with E-state index in [1.165, 1.54) is 26.2 Å². The number of hydrazone groups is 1. The predicted octanol–water partition coefficient (Wildman–Crippen LogP) is 0.107. The molecule has 1 N–H and O–H groups in total. The highest BCUT2D eigenvalue weighted by atomic mass is 32.2. The second-order valence-corrected chi connectivity index (χ2v) is 12.5. The summed E-state index contributed by atoms with van der Waals surface area (Å²) in [5, 5.41) is 7.98. The number of benzene rings is 1. The van der Waals surface area contributed by atoms with Crippen LogP contribution < -0.4 is 10.2 Å². The highest BCUT2D eigenvalue weighted by Gasteiger charge is 2.37. The zero-order chi connectivity index (χ0) is 23.8. The predicted molar refractivity (Wildman–Crippen MR) is 121 cm³/mol. The first-order valence-electron chi connectivity index (χ1n) is 9.97. The maximum atomic E-state index is 13.0. The summed E-state index contributed by atoms with van der Waals surface area (Å²) in [5.41, 5.74) is 0.944. The van der Waals surface area contributed by atoms with Crippen LogP contribution in [0.4, 0.5) is 11.4 Å². The molecule has 1 saturated heterocycles. The second kappa shape index (κ2) is 8.79. The molecule has 0 aromatic heterocycles. The van der Waals surface area contributed by atoms with Gasteiger partial charge in [-0.15, -0.1) is 0 Å². The Hall–Kier alpha value is -2.51. The smallest absolute Gasteiger partial charge is 0.271 e. The third kappa shape index (κ3) is 4.94. The van der Waals surface area contributed by atoms with Crippen LogP contribution in [0.1, 0.15) is 19.3 Å². The third-order valence-electron chi connectivity index (χ3n) is 5.35. The van der Waals surface area contributed by atoms with E-state index in [0.29, 0.717) is 5.69 Å². The van der Waals surface area contributed by atoms with Gasteiger partial charge in [-0.3, -0.25) is 9.59 Å². The molecule has 32 heavy (non-hydrogen) atoms. The molecule has 2 heterocycles. The lowest BCUT2D eigenvalue weighted by atomic mass is 10.1. The van der Waals surface area contributed by atoms with E-state index in [2.05, 4.69) is 10.4 Å². The molecule has 1 atom stereocenters. The number of anilines is 2. The van der Waals surface area contributed by atoms with Crippen molar-refractivity contribution in [3.8, 4) is 0 Å². The molecule has 1 aromatic rings. The number of hydrogen-bond donors (Lipinski definition) is 1. The largest absolute Gasteiger partial charge is 0.376 e. The molecule has 2 aliphatic rings. The van der Waals surface area contributed by atoms with Gasteiger partial charge in [0.2, 0.25) is 15.9 Å². The van der Waals surface area contributed by atoms with Gasteiger partial charge in [-0.05, 0) is 24.6 Å². The monoisotopic (exact) mass is 485 g/mol. The Kier molecular flexibility index (Phi) is 6.63. The van der Waals surface area contributed by atoms with Gasteiger partial charge in [0.15, 0.2) is 9.84 Å². The number of sulfone groups is 1. The van der Waals surface area contributed by atoms with Crippen molar-refractivity contribution in [2.24, 2.45) is 5.10 Å². The van der Waals surface area contributed by atoms with Crippen molar-refractivity contribution in [2.45, 2.75) is 30.2 Å². The van der Waals surface area contributed by atoms with Crippen LogP contribution in [0.25, 0.3) is 0 Å². The fourth-order valence-corrected chi connectivity index (χ4v) is 6.18. The molecule has 0 radical (unpaired) electrons. The number of amides is 2. The summed E-state index contributed by atoms with van der Waals surface area (Å²) in [6.07, 6.45) is 0.424. The second-order valence-electron chi connectivity index (χ2n) is 8.16. The van der Waals surface area contributed by atoms with Crippen molar-refractivity contribution in [3.05, 3.63) is 18.2 Å². The number of sulfonamides is 1. The summed E-state index contributed by atoms with van der Waals surface area (Å²) >= 11 is 0. The molecule has 0 aliphatic carbocycles. The van der Waals surface area contributed by atoms with Crippen LogP contribution in [-0.4, -0.2) is 89.4 Å². The van der Waals surface area contributed by atoms with E-state index in [1.54, 1.807) is 25.1 Å². The summed E-state index contributed by atoms with van der Waals surface area (Å²) in [7, 11) is -0.603. The van der Waals surface area contributed by atoms with E-state index in [0.717, 1.165) is 9.31 Å². The van der Waals surface area contributed by atoms with Crippen molar-refractivity contribution >= 4 is 48.8 Å². The molecule has 2 aliphatic heterocycles. The lowest BCUT2D eigenvalue weighted by Crippen LogP contribution is -2.42. The summed E-state index contributed by atoms with van der Waals surface area (Å²) < 4.78 is 49.7. The van der Waals surface area contributed by atoms with Crippen molar-refractivity contribution in [3.63, 3.8) is 0 Å². The lowest BCUT2D eigenvalue weighted by Gasteiger charge is -2.28. The van der Waals surface area contributed by atoms with Crippen LogP contribution in [-0.2, 0) is 29.4 Å². The third-order valence-corrected chi connectivity index (χ3v) is 8.91. The van der Waals surface area contributed by atoms with E-state index in [1.807, 2.05) is 0 Å². The van der Waals surface area contributed by atoms with E-state index in [-0.39, 0.29) is 53.0 Å². The van der Waals surface area contributed by atoms with Crippen molar-refractivity contribution in [2.75, 3.05) is 49.9 Å². The summed E-state index contributed by atoms with van der Waals surface area (Å²) in [6.45, 7) is 0. The van der Waals surface area contributed by atoms with Crippen LogP contribution in [0.5, 0.6) is 0 Å². The highest BCUT2D eigenvalue weighted by molar-refractivity contribution is 7.91. The average molecular weight is 486 g/mol. The lowest BCUT2D eigenvalue weighted by molar-refractivity contribution is -0.133. The minimum absolute atomic E-state index is 0.0157. The number of nitrogens with one attached hydrogen (secondary N) is 1. The maximum Gasteiger partial charge on any atom is 0.271 e. The molecule has 0 spiro atoms. The Bertz CT molecular complexity index is 1170. The van der Waals surface area contributed by atoms with Crippen molar-refractivity contribution < 1.29 is 26.4 Å².